The van der Waals surface area contributed by atoms with Gasteiger partial charge >= 0.3 is 0 Å². The van der Waals surface area contributed by atoms with Crippen molar-refractivity contribution < 1.29 is 9.53 Å². The highest BCUT2D eigenvalue weighted by molar-refractivity contribution is 6.02. The summed E-state index contributed by atoms with van der Waals surface area (Å²) in [5.74, 6) is 1.23. The molecule has 0 radical (unpaired) electrons. The molecule has 0 spiro atoms. The first-order valence-corrected chi connectivity index (χ1v) is 8.59. The molecule has 0 aliphatic carbocycles. The van der Waals surface area contributed by atoms with Gasteiger partial charge in [0.2, 0.25) is 0 Å². The molecule has 0 atom stereocenters. The van der Waals surface area contributed by atoms with Crippen molar-refractivity contribution in [2.24, 2.45) is 0 Å². The van der Waals surface area contributed by atoms with Gasteiger partial charge in [-0.15, -0.1) is 0 Å². The minimum Gasteiger partial charge on any atom is -0.457 e. The number of benzene rings is 2. The molecule has 5 nitrogen and oxygen atoms in total. The lowest BCUT2D eigenvalue weighted by Gasteiger charge is -2.08. The maximum absolute atomic E-state index is 12.3. The van der Waals surface area contributed by atoms with Crippen molar-refractivity contribution in [1.29, 1.82) is 0 Å². The summed E-state index contributed by atoms with van der Waals surface area (Å²) in [5, 5.41) is 6.06. The van der Waals surface area contributed by atoms with Crippen LogP contribution in [0.15, 0.2) is 72.9 Å². The largest absolute Gasteiger partial charge is 0.457 e. The van der Waals surface area contributed by atoms with Gasteiger partial charge in [-0.2, -0.15) is 0 Å². The monoisotopic (exact) mass is 347 g/mol. The number of nitrogens with one attached hydrogen (secondary N) is 2. The zero-order valence-corrected chi connectivity index (χ0v) is 14.6. The van der Waals surface area contributed by atoms with Crippen LogP contribution in [0.4, 0.5) is 11.4 Å². The summed E-state index contributed by atoms with van der Waals surface area (Å²) in [4.78, 5) is 16.5. The lowest BCUT2D eigenvalue weighted by Crippen LogP contribution is -2.13. The molecule has 1 amide bonds. The number of ether oxygens (including phenoxy) is 1. The zero-order valence-electron chi connectivity index (χ0n) is 14.6. The quantitative estimate of drug-likeness (QED) is 0.635. The molecule has 5 heteroatoms. The Morgan fingerprint density at radius 2 is 1.62 bits per heavy atom. The fourth-order valence-corrected chi connectivity index (χ4v) is 2.33. The van der Waals surface area contributed by atoms with E-state index < -0.39 is 0 Å². The van der Waals surface area contributed by atoms with E-state index in [4.69, 9.17) is 4.74 Å². The second kappa shape index (κ2) is 8.67. The lowest BCUT2D eigenvalue weighted by atomic mass is 10.2. The molecule has 0 unspecified atom stereocenters. The molecule has 2 aromatic carbocycles. The minimum absolute atomic E-state index is 0.247. The van der Waals surface area contributed by atoms with Gasteiger partial charge in [0.15, 0.2) is 0 Å². The number of para-hydroxylation sites is 1. The van der Waals surface area contributed by atoms with E-state index >= 15 is 0 Å². The van der Waals surface area contributed by atoms with E-state index in [1.54, 1.807) is 24.4 Å². The maximum Gasteiger partial charge on any atom is 0.274 e. The van der Waals surface area contributed by atoms with Crippen LogP contribution < -0.4 is 15.4 Å². The van der Waals surface area contributed by atoms with E-state index in [-0.39, 0.29) is 5.91 Å². The van der Waals surface area contributed by atoms with Crippen LogP contribution in [0, 0.1) is 0 Å². The Morgan fingerprint density at radius 1 is 0.923 bits per heavy atom. The topological polar surface area (TPSA) is 63.2 Å². The normalized spacial score (nSPS) is 10.2. The fourth-order valence-electron chi connectivity index (χ4n) is 2.33. The van der Waals surface area contributed by atoms with Crippen LogP contribution in [0.3, 0.4) is 0 Å². The molecule has 0 aliphatic heterocycles. The van der Waals surface area contributed by atoms with Gasteiger partial charge in [0.1, 0.15) is 17.2 Å². The van der Waals surface area contributed by atoms with Gasteiger partial charge in [0.25, 0.3) is 5.91 Å². The summed E-state index contributed by atoms with van der Waals surface area (Å²) in [6.07, 6.45) is 2.70. The Morgan fingerprint density at radius 3 is 2.27 bits per heavy atom. The Labute approximate surface area is 153 Å². The van der Waals surface area contributed by atoms with Crippen LogP contribution in [0.1, 0.15) is 23.8 Å². The summed E-state index contributed by atoms with van der Waals surface area (Å²) in [5.41, 5.74) is 1.97. The standard InChI is InChI=1S/C21H21N3O2/c1-2-14-22-17-10-13-20(23-15-17)21(25)24-16-8-11-19(12-9-16)26-18-6-4-3-5-7-18/h3-13,15,22H,2,14H2,1H3,(H,24,25). The third-order valence-electron chi connectivity index (χ3n) is 3.67. The van der Waals surface area contributed by atoms with Gasteiger partial charge in [-0.25, -0.2) is 4.98 Å². The highest BCUT2D eigenvalue weighted by Gasteiger charge is 2.08. The predicted molar refractivity (Wildman–Crippen MR) is 104 cm³/mol. The average molecular weight is 347 g/mol. The van der Waals surface area contributed by atoms with Gasteiger partial charge in [0.05, 0.1) is 11.9 Å². The van der Waals surface area contributed by atoms with Crippen molar-refractivity contribution in [3.63, 3.8) is 0 Å². The summed E-state index contributed by atoms with van der Waals surface area (Å²) in [6.45, 7) is 2.98. The highest BCUT2D eigenvalue weighted by atomic mass is 16.5. The van der Waals surface area contributed by atoms with Crippen molar-refractivity contribution in [3.05, 3.63) is 78.6 Å². The van der Waals surface area contributed by atoms with Crippen molar-refractivity contribution in [2.75, 3.05) is 17.2 Å². The predicted octanol–water partition coefficient (Wildman–Crippen LogP) is 4.95. The molecular formula is C21H21N3O2. The number of carbonyl (C=O) groups excluding carboxylic acids is 1. The molecule has 2 N–H and O–H groups in total. The minimum atomic E-state index is -0.247. The van der Waals surface area contributed by atoms with Crippen molar-refractivity contribution >= 4 is 17.3 Å². The summed E-state index contributed by atoms with van der Waals surface area (Å²) in [6, 6.07) is 20.3. The molecule has 3 aromatic rings. The summed E-state index contributed by atoms with van der Waals surface area (Å²) < 4.78 is 5.74. The summed E-state index contributed by atoms with van der Waals surface area (Å²) >= 11 is 0. The second-order valence-electron chi connectivity index (χ2n) is 5.75. The molecule has 0 saturated carbocycles. The third kappa shape index (κ3) is 4.83. The first-order chi connectivity index (χ1) is 12.7. The SMILES string of the molecule is CCCNc1ccc(C(=O)Nc2ccc(Oc3ccccc3)cc2)nc1. The number of nitrogens with zero attached hydrogens (tertiary/aromatic N) is 1. The summed E-state index contributed by atoms with van der Waals surface area (Å²) in [7, 11) is 0. The van der Waals surface area contributed by atoms with E-state index in [1.807, 2.05) is 48.5 Å². The second-order valence-corrected chi connectivity index (χ2v) is 5.75. The smallest absolute Gasteiger partial charge is 0.274 e. The third-order valence-corrected chi connectivity index (χ3v) is 3.67. The molecule has 3 rings (SSSR count). The number of hydrogen-bond donors (Lipinski definition) is 2. The number of pyridine rings is 1. The molecule has 0 bridgehead atoms. The maximum atomic E-state index is 12.3. The van der Waals surface area contributed by atoms with E-state index in [2.05, 4.69) is 22.5 Å². The molecule has 132 valence electrons. The van der Waals surface area contributed by atoms with E-state index in [9.17, 15) is 4.79 Å². The Balaban J connectivity index is 1.59. The molecular weight excluding hydrogens is 326 g/mol. The fraction of sp³-hybridized carbons (Fsp3) is 0.143. The number of anilines is 2. The van der Waals surface area contributed by atoms with E-state index in [0.29, 0.717) is 17.1 Å². The Bertz CT molecular complexity index is 831. The molecule has 0 saturated heterocycles. The van der Waals surface area contributed by atoms with E-state index in [0.717, 1.165) is 24.4 Å². The molecule has 26 heavy (non-hydrogen) atoms. The van der Waals surface area contributed by atoms with Crippen LogP contribution in [0.25, 0.3) is 0 Å². The van der Waals surface area contributed by atoms with Gasteiger partial charge in [-0.1, -0.05) is 25.1 Å². The molecule has 1 aromatic heterocycles. The number of rotatable bonds is 7. The van der Waals surface area contributed by atoms with Gasteiger partial charge in [-0.05, 0) is 55.0 Å². The van der Waals surface area contributed by atoms with Crippen molar-refractivity contribution in [3.8, 4) is 11.5 Å². The van der Waals surface area contributed by atoms with Crippen LogP contribution >= 0.6 is 0 Å². The highest BCUT2D eigenvalue weighted by Crippen LogP contribution is 2.22. The first-order valence-electron chi connectivity index (χ1n) is 8.59. The van der Waals surface area contributed by atoms with Crippen molar-refractivity contribution in [1.82, 2.24) is 4.98 Å². The van der Waals surface area contributed by atoms with Gasteiger partial charge in [-0.3, -0.25) is 4.79 Å². The van der Waals surface area contributed by atoms with Crippen LogP contribution in [0.5, 0.6) is 11.5 Å². The average Bonchev–Trinajstić information content (AvgIpc) is 2.69. The number of carbonyl (C=O) groups is 1. The molecule has 1 heterocycles. The van der Waals surface area contributed by atoms with E-state index in [1.165, 1.54) is 0 Å². The molecule has 0 fully saturated rings. The van der Waals surface area contributed by atoms with Crippen molar-refractivity contribution in [2.45, 2.75) is 13.3 Å². The van der Waals surface area contributed by atoms with Crippen LogP contribution in [-0.2, 0) is 0 Å². The number of aromatic nitrogens is 1. The Hall–Kier alpha value is -3.34. The zero-order chi connectivity index (χ0) is 18.2. The first kappa shape index (κ1) is 17.5. The van der Waals surface area contributed by atoms with Gasteiger partial charge in [0, 0.05) is 12.2 Å². The lowest BCUT2D eigenvalue weighted by molar-refractivity contribution is 0.102. The number of amides is 1. The van der Waals surface area contributed by atoms with Gasteiger partial charge < -0.3 is 15.4 Å². The van der Waals surface area contributed by atoms with Crippen LogP contribution in [0.2, 0.25) is 0 Å². The number of hydrogen-bond acceptors (Lipinski definition) is 4. The Kier molecular flexibility index (Phi) is 5.83. The molecule has 0 aliphatic rings. The van der Waals surface area contributed by atoms with Crippen LogP contribution in [-0.4, -0.2) is 17.4 Å².